The lowest BCUT2D eigenvalue weighted by molar-refractivity contribution is 0.0954. The Morgan fingerprint density at radius 3 is 3.00 bits per heavy atom. The van der Waals surface area contributed by atoms with Crippen LogP contribution in [-0.2, 0) is 6.54 Å². The van der Waals surface area contributed by atoms with Crippen LogP contribution in [0.2, 0.25) is 10.0 Å². The van der Waals surface area contributed by atoms with Crippen molar-refractivity contribution in [3.05, 3.63) is 38.9 Å². The van der Waals surface area contributed by atoms with Gasteiger partial charge in [-0.15, -0.1) is 21.5 Å². The highest BCUT2D eigenvalue weighted by Gasteiger charge is 2.17. The number of thiophene rings is 1. The van der Waals surface area contributed by atoms with Gasteiger partial charge in [-0.2, -0.15) is 5.21 Å². The van der Waals surface area contributed by atoms with Gasteiger partial charge in [0.05, 0.1) is 11.6 Å². The first-order valence-electron chi connectivity index (χ1n) is 5.53. The number of hydrogen-bond acceptors (Lipinski definition) is 5. The van der Waals surface area contributed by atoms with Gasteiger partial charge in [-0.25, -0.2) is 0 Å². The molecular weight excluding hydrogens is 321 g/mol. The van der Waals surface area contributed by atoms with E-state index in [0.29, 0.717) is 20.7 Å². The second-order valence-corrected chi connectivity index (χ2v) is 5.76. The van der Waals surface area contributed by atoms with Gasteiger partial charge in [0.1, 0.15) is 4.88 Å². The molecule has 9 heteroatoms. The molecule has 3 rings (SSSR count). The number of rotatable bonds is 3. The maximum absolute atomic E-state index is 12.1. The monoisotopic (exact) mass is 327 g/mol. The quantitative estimate of drug-likeness (QED) is 0.774. The maximum atomic E-state index is 12.1. The van der Waals surface area contributed by atoms with Gasteiger partial charge in [0, 0.05) is 15.1 Å². The number of halogens is 2. The highest BCUT2D eigenvalue weighted by molar-refractivity contribution is 7.21. The highest BCUT2D eigenvalue weighted by Crippen LogP contribution is 2.36. The topological polar surface area (TPSA) is 83.6 Å². The van der Waals surface area contributed by atoms with Gasteiger partial charge in [-0.3, -0.25) is 4.79 Å². The lowest BCUT2D eigenvalue weighted by atomic mass is 10.2. The standard InChI is InChI=1S/C11H7Cl2N5OS/c12-5-1-2-6-7(3-5)20-10(9(6)13)11(19)14-4-8-15-17-18-16-8/h1-3H,4H2,(H,14,19)(H,15,16,17,18). The van der Waals surface area contributed by atoms with Crippen LogP contribution in [0, 0.1) is 0 Å². The number of hydrogen-bond donors (Lipinski definition) is 2. The summed E-state index contributed by atoms with van der Waals surface area (Å²) in [4.78, 5) is 12.5. The summed E-state index contributed by atoms with van der Waals surface area (Å²) >= 11 is 13.4. The van der Waals surface area contributed by atoms with Gasteiger partial charge in [0.15, 0.2) is 5.82 Å². The molecule has 0 fully saturated rings. The van der Waals surface area contributed by atoms with E-state index in [2.05, 4.69) is 25.9 Å². The fourth-order valence-corrected chi connectivity index (χ4v) is 3.39. The van der Waals surface area contributed by atoms with Crippen LogP contribution in [0.5, 0.6) is 0 Å². The minimum Gasteiger partial charge on any atom is -0.344 e. The molecule has 0 saturated carbocycles. The van der Waals surface area contributed by atoms with E-state index in [0.717, 1.165) is 10.1 Å². The molecule has 6 nitrogen and oxygen atoms in total. The molecule has 0 bridgehead atoms. The summed E-state index contributed by atoms with van der Waals surface area (Å²) in [5.74, 6) is 0.121. The Bertz CT molecular complexity index is 771. The molecule has 1 amide bonds. The first kappa shape index (κ1) is 13.3. The van der Waals surface area contributed by atoms with Crippen molar-refractivity contribution in [1.29, 1.82) is 0 Å². The van der Waals surface area contributed by atoms with Gasteiger partial charge in [0.25, 0.3) is 5.91 Å². The van der Waals surface area contributed by atoms with Crippen molar-refractivity contribution in [2.75, 3.05) is 0 Å². The summed E-state index contributed by atoms with van der Waals surface area (Å²) < 4.78 is 0.868. The van der Waals surface area contributed by atoms with Crippen molar-refractivity contribution in [3.63, 3.8) is 0 Å². The average molecular weight is 328 g/mol. The first-order chi connectivity index (χ1) is 9.65. The summed E-state index contributed by atoms with van der Waals surface area (Å²) in [6, 6.07) is 5.32. The second-order valence-electron chi connectivity index (χ2n) is 3.90. The van der Waals surface area contributed by atoms with Crippen molar-refractivity contribution in [1.82, 2.24) is 25.9 Å². The van der Waals surface area contributed by atoms with Crippen LogP contribution >= 0.6 is 34.5 Å². The van der Waals surface area contributed by atoms with E-state index in [-0.39, 0.29) is 12.5 Å². The van der Waals surface area contributed by atoms with E-state index >= 15 is 0 Å². The molecule has 20 heavy (non-hydrogen) atoms. The Morgan fingerprint density at radius 1 is 1.40 bits per heavy atom. The van der Waals surface area contributed by atoms with E-state index in [1.807, 2.05) is 0 Å². The van der Waals surface area contributed by atoms with E-state index in [4.69, 9.17) is 23.2 Å². The lowest BCUT2D eigenvalue weighted by Crippen LogP contribution is -2.22. The number of benzene rings is 1. The smallest absolute Gasteiger partial charge is 0.263 e. The molecule has 0 unspecified atom stereocenters. The fraction of sp³-hybridized carbons (Fsp3) is 0.0909. The molecule has 0 atom stereocenters. The van der Waals surface area contributed by atoms with Gasteiger partial charge in [0.2, 0.25) is 0 Å². The van der Waals surface area contributed by atoms with Crippen LogP contribution in [-0.4, -0.2) is 26.5 Å². The molecule has 2 heterocycles. The molecule has 102 valence electrons. The Kier molecular flexibility index (Phi) is 3.56. The van der Waals surface area contributed by atoms with Gasteiger partial charge < -0.3 is 5.32 Å². The molecule has 0 aliphatic carbocycles. The molecule has 0 radical (unpaired) electrons. The van der Waals surface area contributed by atoms with Crippen LogP contribution in [0.4, 0.5) is 0 Å². The number of nitrogens with one attached hydrogen (secondary N) is 2. The number of nitrogens with zero attached hydrogens (tertiary/aromatic N) is 3. The van der Waals surface area contributed by atoms with E-state index in [1.165, 1.54) is 11.3 Å². The fourth-order valence-electron chi connectivity index (χ4n) is 1.68. The average Bonchev–Trinajstić information content (AvgIpc) is 3.04. The zero-order valence-corrected chi connectivity index (χ0v) is 12.2. The third-order valence-corrected chi connectivity index (χ3v) is 4.49. The SMILES string of the molecule is O=C(NCc1nn[nH]n1)c1sc2cc(Cl)ccc2c1Cl. The highest BCUT2D eigenvalue weighted by atomic mass is 35.5. The van der Waals surface area contributed by atoms with Crippen LogP contribution < -0.4 is 5.32 Å². The van der Waals surface area contributed by atoms with Crippen LogP contribution in [0.1, 0.15) is 15.5 Å². The van der Waals surface area contributed by atoms with Crippen molar-refractivity contribution in [2.45, 2.75) is 6.54 Å². The Balaban J connectivity index is 1.85. The predicted octanol–water partition coefficient (Wildman–Crippen LogP) is 2.65. The van der Waals surface area contributed by atoms with Gasteiger partial charge in [-0.05, 0) is 12.1 Å². The Labute approximate surface area is 127 Å². The van der Waals surface area contributed by atoms with Crippen molar-refractivity contribution < 1.29 is 4.79 Å². The third kappa shape index (κ3) is 2.47. The molecule has 2 aromatic heterocycles. The van der Waals surface area contributed by atoms with Crippen molar-refractivity contribution in [2.24, 2.45) is 0 Å². The first-order valence-corrected chi connectivity index (χ1v) is 7.10. The summed E-state index contributed by atoms with van der Waals surface area (Å²) in [7, 11) is 0. The maximum Gasteiger partial charge on any atom is 0.263 e. The zero-order valence-electron chi connectivity index (χ0n) is 9.85. The predicted molar refractivity (Wildman–Crippen MR) is 77.2 cm³/mol. The molecule has 0 saturated heterocycles. The largest absolute Gasteiger partial charge is 0.344 e. The number of carbonyl (C=O) groups is 1. The normalized spacial score (nSPS) is 10.9. The second kappa shape index (κ2) is 5.35. The molecule has 3 aromatic rings. The zero-order chi connectivity index (χ0) is 14.1. The Morgan fingerprint density at radius 2 is 2.25 bits per heavy atom. The molecule has 0 aliphatic rings. The molecule has 2 N–H and O–H groups in total. The van der Waals surface area contributed by atoms with Crippen LogP contribution in [0.3, 0.4) is 0 Å². The summed E-state index contributed by atoms with van der Waals surface area (Å²) in [6.45, 7) is 0.181. The number of aromatic nitrogens is 4. The van der Waals surface area contributed by atoms with Gasteiger partial charge >= 0.3 is 0 Å². The number of H-pyrrole nitrogens is 1. The third-order valence-electron chi connectivity index (χ3n) is 2.59. The molecular formula is C11H7Cl2N5OS. The van der Waals surface area contributed by atoms with E-state index in [9.17, 15) is 4.79 Å². The Hall–Kier alpha value is -1.70. The molecule has 0 spiro atoms. The van der Waals surface area contributed by atoms with Crippen molar-refractivity contribution >= 4 is 50.5 Å². The van der Waals surface area contributed by atoms with Gasteiger partial charge in [-0.1, -0.05) is 34.5 Å². The summed E-state index contributed by atoms with van der Waals surface area (Å²) in [5, 5.41) is 17.7. The summed E-state index contributed by atoms with van der Waals surface area (Å²) in [5.41, 5.74) is 0. The van der Waals surface area contributed by atoms with Crippen molar-refractivity contribution in [3.8, 4) is 0 Å². The van der Waals surface area contributed by atoms with E-state index < -0.39 is 0 Å². The minimum atomic E-state index is -0.280. The minimum absolute atomic E-state index is 0.181. The number of fused-ring (bicyclic) bond motifs is 1. The number of carbonyl (C=O) groups excluding carboxylic acids is 1. The number of aromatic amines is 1. The van der Waals surface area contributed by atoms with Crippen LogP contribution in [0.15, 0.2) is 18.2 Å². The molecule has 0 aliphatic heterocycles. The number of amides is 1. The lowest BCUT2D eigenvalue weighted by Gasteiger charge is -1.99. The molecule has 1 aromatic carbocycles. The summed E-state index contributed by atoms with van der Waals surface area (Å²) in [6.07, 6.45) is 0. The number of tetrazole rings is 1. The van der Waals surface area contributed by atoms with E-state index in [1.54, 1.807) is 18.2 Å². The van der Waals surface area contributed by atoms with Crippen LogP contribution in [0.25, 0.3) is 10.1 Å².